The van der Waals surface area contributed by atoms with E-state index in [4.69, 9.17) is 10.2 Å². The van der Waals surface area contributed by atoms with Crippen molar-refractivity contribution in [3.8, 4) is 0 Å². The first-order valence-electron chi connectivity index (χ1n) is 7.29. The zero-order valence-electron chi connectivity index (χ0n) is 13.0. The Kier molecular flexibility index (Phi) is 3.34. The van der Waals surface area contributed by atoms with Crippen LogP contribution in [0.3, 0.4) is 0 Å². The van der Waals surface area contributed by atoms with E-state index in [1.54, 1.807) is 0 Å². The molecular weight excluding hydrogens is 258 g/mol. The van der Waals surface area contributed by atoms with Gasteiger partial charge < -0.3 is 10.2 Å². The Morgan fingerprint density at radius 1 is 0.905 bits per heavy atom. The third kappa shape index (κ3) is 2.36. The zero-order chi connectivity index (χ0) is 15.1. The van der Waals surface area contributed by atoms with E-state index in [1.165, 1.54) is 16.7 Å². The van der Waals surface area contributed by atoms with E-state index >= 15 is 0 Å². The fraction of sp³-hybridized carbons (Fsp3) is 0.263. The van der Waals surface area contributed by atoms with Crippen LogP contribution in [0.25, 0.3) is 11.0 Å². The summed E-state index contributed by atoms with van der Waals surface area (Å²) in [4.78, 5) is 0. The summed E-state index contributed by atoms with van der Waals surface area (Å²) in [5.41, 5.74) is 13.4. The molecule has 1 atom stereocenters. The van der Waals surface area contributed by atoms with Crippen LogP contribution in [0.1, 0.15) is 39.6 Å². The van der Waals surface area contributed by atoms with Crippen LogP contribution in [0.5, 0.6) is 0 Å². The molecule has 2 nitrogen and oxygen atoms in total. The van der Waals surface area contributed by atoms with Gasteiger partial charge in [-0.1, -0.05) is 35.9 Å². The summed E-state index contributed by atoms with van der Waals surface area (Å²) in [5.74, 6) is 0.828. The second kappa shape index (κ2) is 5.05. The van der Waals surface area contributed by atoms with Crippen LogP contribution in [0.15, 0.2) is 40.8 Å². The summed E-state index contributed by atoms with van der Waals surface area (Å²) < 4.78 is 6.03. The number of benzene rings is 2. The monoisotopic (exact) mass is 279 g/mol. The fourth-order valence-electron chi connectivity index (χ4n) is 3.21. The van der Waals surface area contributed by atoms with E-state index in [1.807, 2.05) is 6.07 Å². The molecule has 0 saturated heterocycles. The molecule has 2 heteroatoms. The minimum Gasteiger partial charge on any atom is -0.459 e. The van der Waals surface area contributed by atoms with Crippen LogP contribution in [-0.2, 0) is 0 Å². The van der Waals surface area contributed by atoms with Crippen LogP contribution in [0.2, 0.25) is 0 Å². The smallest absolute Gasteiger partial charge is 0.137 e. The second-order valence-corrected chi connectivity index (χ2v) is 5.93. The first-order valence-corrected chi connectivity index (χ1v) is 7.29. The molecule has 108 valence electrons. The van der Waals surface area contributed by atoms with Gasteiger partial charge in [-0.15, -0.1) is 0 Å². The quantitative estimate of drug-likeness (QED) is 0.737. The maximum absolute atomic E-state index is 6.49. The summed E-state index contributed by atoms with van der Waals surface area (Å²) in [7, 11) is 0. The fourth-order valence-corrected chi connectivity index (χ4v) is 3.21. The molecule has 21 heavy (non-hydrogen) atoms. The summed E-state index contributed by atoms with van der Waals surface area (Å²) in [5, 5.41) is 1.11. The molecule has 0 aliphatic heterocycles. The van der Waals surface area contributed by atoms with Gasteiger partial charge in [-0.25, -0.2) is 0 Å². The summed E-state index contributed by atoms with van der Waals surface area (Å²) in [6.07, 6.45) is 0. The number of fused-ring (bicyclic) bond motifs is 1. The third-order valence-electron chi connectivity index (χ3n) is 4.12. The molecule has 2 aromatic carbocycles. The topological polar surface area (TPSA) is 39.2 Å². The SMILES string of the molecule is Cc1cc(C)c(C(N)c2cc3cccc(C)c3o2)c(C)c1. The molecule has 3 rings (SSSR count). The van der Waals surface area contributed by atoms with E-state index in [9.17, 15) is 0 Å². The summed E-state index contributed by atoms with van der Waals surface area (Å²) >= 11 is 0. The van der Waals surface area contributed by atoms with Crippen molar-refractivity contribution >= 4 is 11.0 Å². The normalized spacial score (nSPS) is 12.8. The van der Waals surface area contributed by atoms with Gasteiger partial charge in [0.05, 0.1) is 6.04 Å². The molecule has 0 aliphatic carbocycles. The van der Waals surface area contributed by atoms with Crippen molar-refractivity contribution in [2.24, 2.45) is 5.73 Å². The molecule has 0 spiro atoms. The minimum atomic E-state index is -0.225. The van der Waals surface area contributed by atoms with E-state index in [2.05, 4.69) is 58.0 Å². The van der Waals surface area contributed by atoms with Gasteiger partial charge >= 0.3 is 0 Å². The largest absolute Gasteiger partial charge is 0.459 e. The van der Waals surface area contributed by atoms with Gasteiger partial charge in [-0.2, -0.15) is 0 Å². The highest BCUT2D eigenvalue weighted by Gasteiger charge is 2.18. The number of furan rings is 1. The van der Waals surface area contributed by atoms with Crippen molar-refractivity contribution in [1.82, 2.24) is 0 Å². The number of nitrogens with two attached hydrogens (primary N) is 1. The lowest BCUT2D eigenvalue weighted by Gasteiger charge is -2.16. The predicted octanol–water partition coefficient (Wildman–Crippen LogP) is 4.71. The Hall–Kier alpha value is -2.06. The van der Waals surface area contributed by atoms with Crippen molar-refractivity contribution in [1.29, 1.82) is 0 Å². The van der Waals surface area contributed by atoms with Gasteiger partial charge in [0, 0.05) is 5.39 Å². The summed E-state index contributed by atoms with van der Waals surface area (Å²) in [6, 6.07) is 12.4. The Morgan fingerprint density at radius 3 is 2.19 bits per heavy atom. The molecule has 0 aliphatic rings. The molecule has 0 saturated carbocycles. The lowest BCUT2D eigenvalue weighted by Crippen LogP contribution is -2.14. The lowest BCUT2D eigenvalue weighted by atomic mass is 9.93. The predicted molar refractivity (Wildman–Crippen MR) is 87.6 cm³/mol. The zero-order valence-corrected chi connectivity index (χ0v) is 13.0. The van der Waals surface area contributed by atoms with Crippen molar-refractivity contribution in [2.75, 3.05) is 0 Å². The van der Waals surface area contributed by atoms with Gasteiger partial charge in [-0.05, 0) is 56.0 Å². The molecule has 1 unspecified atom stereocenters. The second-order valence-electron chi connectivity index (χ2n) is 5.93. The maximum atomic E-state index is 6.49. The number of hydrogen-bond donors (Lipinski definition) is 1. The van der Waals surface area contributed by atoms with Crippen LogP contribution in [-0.4, -0.2) is 0 Å². The van der Waals surface area contributed by atoms with Crippen molar-refractivity contribution < 1.29 is 4.42 Å². The molecular formula is C19H21NO. The average molecular weight is 279 g/mol. The molecule has 1 aromatic heterocycles. The van der Waals surface area contributed by atoms with Crippen molar-refractivity contribution in [3.05, 3.63) is 70.0 Å². The number of rotatable bonds is 2. The lowest BCUT2D eigenvalue weighted by molar-refractivity contribution is 0.522. The molecule has 1 heterocycles. The van der Waals surface area contributed by atoms with Gasteiger partial charge in [-0.3, -0.25) is 0 Å². The van der Waals surface area contributed by atoms with Crippen molar-refractivity contribution in [2.45, 2.75) is 33.7 Å². The molecule has 0 bridgehead atoms. The van der Waals surface area contributed by atoms with Gasteiger partial charge in [0.2, 0.25) is 0 Å². The van der Waals surface area contributed by atoms with Gasteiger partial charge in [0.1, 0.15) is 11.3 Å². The molecule has 2 N–H and O–H groups in total. The van der Waals surface area contributed by atoms with Crippen molar-refractivity contribution in [3.63, 3.8) is 0 Å². The maximum Gasteiger partial charge on any atom is 0.137 e. The first-order chi connectivity index (χ1) is 9.97. The highest BCUT2D eigenvalue weighted by atomic mass is 16.3. The first kappa shape index (κ1) is 13.9. The van der Waals surface area contributed by atoms with Crippen LogP contribution < -0.4 is 5.73 Å². The minimum absolute atomic E-state index is 0.225. The van der Waals surface area contributed by atoms with Crippen LogP contribution in [0, 0.1) is 27.7 Å². The highest BCUT2D eigenvalue weighted by Crippen LogP contribution is 2.31. The van der Waals surface area contributed by atoms with E-state index < -0.39 is 0 Å². The molecule has 0 amide bonds. The number of hydrogen-bond acceptors (Lipinski definition) is 2. The third-order valence-corrected chi connectivity index (χ3v) is 4.12. The number of para-hydroxylation sites is 1. The Bertz CT molecular complexity index is 791. The summed E-state index contributed by atoms with van der Waals surface area (Å²) in [6.45, 7) is 8.40. The highest BCUT2D eigenvalue weighted by molar-refractivity contribution is 5.81. The Balaban J connectivity index is 2.12. The van der Waals surface area contributed by atoms with Crippen LogP contribution >= 0.6 is 0 Å². The van der Waals surface area contributed by atoms with Gasteiger partial charge in [0.15, 0.2) is 0 Å². The molecule has 3 aromatic rings. The average Bonchev–Trinajstić information content (AvgIpc) is 2.82. The Morgan fingerprint density at radius 2 is 1.57 bits per heavy atom. The van der Waals surface area contributed by atoms with Crippen LogP contribution in [0.4, 0.5) is 0 Å². The number of aryl methyl sites for hydroxylation is 4. The molecule has 0 fully saturated rings. The van der Waals surface area contributed by atoms with Gasteiger partial charge in [0.25, 0.3) is 0 Å². The van der Waals surface area contributed by atoms with E-state index in [0.717, 1.165) is 27.9 Å². The molecule has 0 radical (unpaired) electrons. The van der Waals surface area contributed by atoms with E-state index in [-0.39, 0.29) is 6.04 Å². The Labute approximate surface area is 125 Å². The standard InChI is InChI=1S/C19H21NO/c1-11-8-13(3)17(14(4)9-11)18(20)16-10-15-7-5-6-12(2)19(15)21-16/h5-10,18H,20H2,1-4H3. The van der Waals surface area contributed by atoms with E-state index in [0.29, 0.717) is 0 Å².